The molecule has 0 amide bonds. The Morgan fingerprint density at radius 1 is 0.520 bits per heavy atom. The molecule has 0 N–H and O–H groups in total. The lowest BCUT2D eigenvalue weighted by atomic mass is 9.97. The van der Waals surface area contributed by atoms with E-state index in [1.165, 1.54) is 12.1 Å². The molecule has 0 heterocycles. The van der Waals surface area contributed by atoms with Crippen molar-refractivity contribution in [3.63, 3.8) is 0 Å². The maximum atomic E-state index is 15.2. The predicted octanol–water partition coefficient (Wildman–Crippen LogP) is 12.5. The topological polar surface area (TPSA) is 9.23 Å². The summed E-state index contributed by atoms with van der Waals surface area (Å²) in [4.78, 5) is 0. The maximum Gasteiger partial charge on any atom is 0.432 e. The van der Waals surface area contributed by atoms with Crippen LogP contribution in [-0.4, -0.2) is 6.18 Å². The van der Waals surface area contributed by atoms with Crippen LogP contribution in [0, 0.1) is 34.9 Å². The molecule has 0 aliphatic heterocycles. The number of hydrogen-bond acceptors (Lipinski definition) is 1. The fraction of sp³-hybridized carbons (Fsp3) is 0.211. The smallest absolute Gasteiger partial charge is 0.429 e. The molecule has 0 atom stereocenters. The van der Waals surface area contributed by atoms with Gasteiger partial charge in [0.1, 0.15) is 46.2 Å². The summed E-state index contributed by atoms with van der Waals surface area (Å²) >= 11 is 0. The quantitative estimate of drug-likeness (QED) is 0.0981. The first-order chi connectivity index (χ1) is 23.6. The van der Waals surface area contributed by atoms with Crippen molar-refractivity contribution < 1.29 is 53.0 Å². The lowest BCUT2D eigenvalue weighted by Gasteiger charge is -2.20. The molecule has 0 saturated heterocycles. The van der Waals surface area contributed by atoms with E-state index < -0.39 is 81.6 Å². The minimum absolute atomic E-state index is 0.268. The number of aryl methyl sites for hydroxylation is 1. The number of alkyl halides is 5. The van der Waals surface area contributed by atoms with Gasteiger partial charge in [-0.25, -0.2) is 26.3 Å². The van der Waals surface area contributed by atoms with Crippen LogP contribution in [0.15, 0.2) is 84.9 Å². The van der Waals surface area contributed by atoms with Gasteiger partial charge >= 0.3 is 12.3 Å². The van der Waals surface area contributed by atoms with Crippen LogP contribution < -0.4 is 4.74 Å². The van der Waals surface area contributed by atoms with Crippen molar-refractivity contribution in [1.29, 1.82) is 0 Å². The molecular weight excluding hydrogens is 681 g/mol. The Morgan fingerprint density at radius 2 is 1.02 bits per heavy atom. The lowest BCUT2D eigenvalue weighted by Crippen LogP contribution is -2.25. The van der Waals surface area contributed by atoms with Gasteiger partial charge in [0.15, 0.2) is 0 Å². The van der Waals surface area contributed by atoms with Crippen LogP contribution in [0.4, 0.5) is 48.3 Å². The SMILES string of the molecule is CCCCCc1ccc(-c2ccc(-c3cc(F)c(C(F)(F)Oc4ccc(-c5cc(F)c(CC(F)(F)F)c(F)c5)c(F)c4)c(F)c3)c(F)c2)cc1. The minimum atomic E-state index is -4.93. The van der Waals surface area contributed by atoms with Crippen LogP contribution >= 0.6 is 0 Å². The van der Waals surface area contributed by atoms with Crippen LogP contribution in [0.5, 0.6) is 5.75 Å². The summed E-state index contributed by atoms with van der Waals surface area (Å²) in [5, 5.41) is 0. The molecule has 0 spiro atoms. The Bertz CT molecular complexity index is 1950. The first-order valence-electron chi connectivity index (χ1n) is 15.4. The molecule has 12 heteroatoms. The van der Waals surface area contributed by atoms with Crippen molar-refractivity contribution in [2.75, 3.05) is 0 Å². The number of ether oxygens (including phenoxy) is 1. The summed E-state index contributed by atoms with van der Waals surface area (Å²) in [5.74, 6) is -10.0. The molecule has 0 aliphatic carbocycles. The zero-order valence-corrected chi connectivity index (χ0v) is 26.2. The van der Waals surface area contributed by atoms with Crippen LogP contribution in [0.3, 0.4) is 0 Å². The van der Waals surface area contributed by atoms with Crippen LogP contribution in [0.2, 0.25) is 0 Å². The highest BCUT2D eigenvalue weighted by Crippen LogP contribution is 2.39. The molecule has 50 heavy (non-hydrogen) atoms. The minimum Gasteiger partial charge on any atom is -0.429 e. The largest absolute Gasteiger partial charge is 0.432 e. The third-order valence-electron chi connectivity index (χ3n) is 7.99. The maximum absolute atomic E-state index is 15.2. The van der Waals surface area contributed by atoms with E-state index in [1.807, 2.05) is 24.3 Å². The van der Waals surface area contributed by atoms with Gasteiger partial charge in [0.2, 0.25) is 0 Å². The Balaban J connectivity index is 1.35. The molecule has 1 nitrogen and oxygen atoms in total. The molecule has 0 aliphatic rings. The predicted molar refractivity (Wildman–Crippen MR) is 166 cm³/mol. The van der Waals surface area contributed by atoms with Gasteiger partial charge in [0, 0.05) is 22.8 Å². The van der Waals surface area contributed by atoms with Crippen LogP contribution in [0.25, 0.3) is 33.4 Å². The van der Waals surface area contributed by atoms with Crippen molar-refractivity contribution >= 4 is 0 Å². The van der Waals surface area contributed by atoms with Crippen molar-refractivity contribution in [2.24, 2.45) is 0 Å². The number of hydrogen-bond donors (Lipinski definition) is 0. The van der Waals surface area contributed by atoms with E-state index in [4.69, 9.17) is 0 Å². The van der Waals surface area contributed by atoms with E-state index in [9.17, 15) is 26.3 Å². The first kappa shape index (κ1) is 36.4. The van der Waals surface area contributed by atoms with Gasteiger partial charge in [-0.2, -0.15) is 22.0 Å². The van der Waals surface area contributed by atoms with Crippen molar-refractivity contribution in [1.82, 2.24) is 0 Å². The molecule has 5 aromatic carbocycles. The van der Waals surface area contributed by atoms with Gasteiger partial charge in [0.25, 0.3) is 0 Å². The van der Waals surface area contributed by atoms with E-state index in [-0.39, 0.29) is 11.1 Å². The average molecular weight is 709 g/mol. The molecule has 262 valence electrons. The highest BCUT2D eigenvalue weighted by Gasteiger charge is 2.41. The molecule has 5 rings (SSSR count). The molecule has 0 fully saturated rings. The molecule has 0 bridgehead atoms. The van der Waals surface area contributed by atoms with Gasteiger partial charge in [0.05, 0.1) is 6.42 Å². The van der Waals surface area contributed by atoms with Crippen LogP contribution in [0.1, 0.15) is 42.9 Å². The number of halogens is 11. The Morgan fingerprint density at radius 3 is 1.54 bits per heavy atom. The summed E-state index contributed by atoms with van der Waals surface area (Å²) in [6.45, 7) is 2.10. The fourth-order valence-corrected chi connectivity index (χ4v) is 5.50. The molecule has 0 radical (unpaired) electrons. The van der Waals surface area contributed by atoms with Gasteiger partial charge < -0.3 is 4.74 Å². The van der Waals surface area contributed by atoms with Crippen molar-refractivity contribution in [3.8, 4) is 39.1 Å². The third kappa shape index (κ3) is 8.28. The highest BCUT2D eigenvalue weighted by atomic mass is 19.4. The molecular formula is C38H27F11O. The molecule has 5 aromatic rings. The summed E-state index contributed by atoms with van der Waals surface area (Å²) in [7, 11) is 0. The summed E-state index contributed by atoms with van der Waals surface area (Å²) in [5.41, 5.74) is -2.64. The highest BCUT2D eigenvalue weighted by molar-refractivity contribution is 5.72. The molecule has 0 unspecified atom stereocenters. The van der Waals surface area contributed by atoms with Crippen molar-refractivity contribution in [2.45, 2.75) is 51.3 Å². The van der Waals surface area contributed by atoms with Crippen molar-refractivity contribution in [3.05, 3.63) is 137 Å². The second-order valence-corrected chi connectivity index (χ2v) is 11.6. The third-order valence-corrected chi connectivity index (χ3v) is 7.99. The number of rotatable bonds is 11. The number of benzene rings is 5. The van der Waals surface area contributed by atoms with Gasteiger partial charge in [-0.1, -0.05) is 56.2 Å². The van der Waals surface area contributed by atoms with Gasteiger partial charge in [-0.3, -0.25) is 0 Å². The lowest BCUT2D eigenvalue weighted by molar-refractivity contribution is -0.189. The van der Waals surface area contributed by atoms with E-state index in [0.717, 1.165) is 43.4 Å². The molecule has 0 aromatic heterocycles. The summed E-state index contributed by atoms with van der Waals surface area (Å²) in [6, 6.07) is 15.1. The van der Waals surface area contributed by atoms with E-state index in [0.29, 0.717) is 47.5 Å². The van der Waals surface area contributed by atoms with Crippen LogP contribution in [-0.2, 0) is 19.0 Å². The Kier molecular flexibility index (Phi) is 10.6. The van der Waals surface area contributed by atoms with E-state index in [1.54, 1.807) is 0 Å². The summed E-state index contributed by atoms with van der Waals surface area (Å²) in [6.07, 6.45) is -7.45. The zero-order chi connectivity index (χ0) is 36.4. The second-order valence-electron chi connectivity index (χ2n) is 11.6. The Labute approximate surface area is 280 Å². The van der Waals surface area contributed by atoms with E-state index in [2.05, 4.69) is 11.7 Å². The van der Waals surface area contributed by atoms with E-state index >= 15 is 22.0 Å². The van der Waals surface area contributed by atoms with Gasteiger partial charge in [-0.05, 0) is 83.1 Å². The molecule has 0 saturated carbocycles. The van der Waals surface area contributed by atoms with Gasteiger partial charge in [-0.15, -0.1) is 0 Å². The summed E-state index contributed by atoms with van der Waals surface area (Å²) < 4.78 is 161. The Hall–Kier alpha value is -4.87. The normalized spacial score (nSPS) is 12.0. The average Bonchev–Trinajstić information content (AvgIpc) is 3.02. The first-order valence-corrected chi connectivity index (χ1v) is 15.4. The zero-order valence-electron chi connectivity index (χ0n) is 26.2. The fourth-order valence-electron chi connectivity index (χ4n) is 5.50. The monoisotopic (exact) mass is 708 g/mol. The standard InChI is InChI=1S/C38H27F11O/c1-2-3-4-5-21-6-8-22(9-7-21)23-10-12-27(30(39)14-23)25-17-34(43)36(35(44)18-25)38(48,49)50-26-11-13-28(33(42)19-26)24-15-31(40)29(32(41)16-24)20-37(45,46)47/h6-19H,2-5,20H2,1H3. The number of unbranched alkanes of at least 4 members (excludes halogenated alkanes) is 2. The second kappa shape index (κ2) is 14.5.